The molecule has 1 fully saturated rings. The first kappa shape index (κ1) is 19.1. The first-order valence-corrected chi connectivity index (χ1v) is 10.3. The van der Waals surface area contributed by atoms with Crippen molar-refractivity contribution in [2.75, 3.05) is 13.2 Å². The van der Waals surface area contributed by atoms with Gasteiger partial charge in [0.15, 0.2) is 5.25 Å². The zero-order chi connectivity index (χ0) is 19.4. The summed E-state index contributed by atoms with van der Waals surface area (Å²) in [7, 11) is -3.86. The van der Waals surface area contributed by atoms with Gasteiger partial charge < -0.3 is 4.74 Å². The van der Waals surface area contributed by atoms with E-state index >= 15 is 0 Å². The van der Waals surface area contributed by atoms with E-state index in [-0.39, 0.29) is 18.9 Å². The fraction of sp³-hybridized carbons (Fsp3) is 0.300. The number of aliphatic imine (C=N–C) groups is 1. The summed E-state index contributed by atoms with van der Waals surface area (Å²) >= 11 is 0. The summed E-state index contributed by atoms with van der Waals surface area (Å²) in [5, 5.41) is -1.08. The van der Waals surface area contributed by atoms with Gasteiger partial charge in [-0.15, -0.1) is 0 Å². The third kappa shape index (κ3) is 3.88. The van der Waals surface area contributed by atoms with Crippen molar-refractivity contribution >= 4 is 21.6 Å². The van der Waals surface area contributed by atoms with Crippen LogP contribution in [0.2, 0.25) is 0 Å². The highest BCUT2D eigenvalue weighted by Gasteiger charge is 2.51. The molecule has 27 heavy (non-hydrogen) atoms. The van der Waals surface area contributed by atoms with Gasteiger partial charge in [0.1, 0.15) is 18.1 Å². The summed E-state index contributed by atoms with van der Waals surface area (Å²) in [4.78, 5) is 17.1. The normalized spacial score (nSPS) is 20.4. The third-order valence-electron chi connectivity index (χ3n) is 4.20. The minimum Gasteiger partial charge on any atom is -0.492 e. The maximum absolute atomic E-state index is 13.0. The molecule has 0 bridgehead atoms. The van der Waals surface area contributed by atoms with E-state index in [0.717, 1.165) is 4.31 Å². The summed E-state index contributed by atoms with van der Waals surface area (Å²) in [6.45, 7) is 3.81. The van der Waals surface area contributed by atoms with E-state index in [0.29, 0.717) is 11.3 Å². The SMILES string of the molecule is CC(C)N1C(=O)C(=NCCOc2ccccc2)C(c2ccccc2)S1(=O)=O. The summed E-state index contributed by atoms with van der Waals surface area (Å²) in [6.07, 6.45) is 0. The number of benzene rings is 2. The zero-order valence-corrected chi connectivity index (χ0v) is 16.1. The Bertz CT molecular complexity index is 925. The van der Waals surface area contributed by atoms with Gasteiger partial charge in [-0.05, 0) is 31.5 Å². The molecule has 0 saturated carbocycles. The molecule has 0 spiro atoms. The molecule has 142 valence electrons. The van der Waals surface area contributed by atoms with Gasteiger partial charge >= 0.3 is 0 Å². The minimum absolute atomic E-state index is 0.0477. The van der Waals surface area contributed by atoms with Crippen molar-refractivity contribution in [1.29, 1.82) is 0 Å². The van der Waals surface area contributed by atoms with Crippen LogP contribution in [0.25, 0.3) is 0 Å². The largest absolute Gasteiger partial charge is 0.492 e. The van der Waals surface area contributed by atoms with Crippen LogP contribution in [0.15, 0.2) is 65.7 Å². The highest BCUT2D eigenvalue weighted by molar-refractivity contribution is 7.91. The van der Waals surface area contributed by atoms with Crippen LogP contribution in [0, 0.1) is 0 Å². The number of hydrogen-bond donors (Lipinski definition) is 0. The maximum atomic E-state index is 13.0. The average molecular weight is 386 g/mol. The molecule has 6 nitrogen and oxygen atoms in total. The van der Waals surface area contributed by atoms with Crippen LogP contribution < -0.4 is 4.74 Å². The number of ether oxygens (including phenoxy) is 1. The lowest BCUT2D eigenvalue weighted by Crippen LogP contribution is -2.37. The van der Waals surface area contributed by atoms with Crippen molar-refractivity contribution in [3.63, 3.8) is 0 Å². The molecule has 2 aromatic carbocycles. The Morgan fingerprint density at radius 3 is 2.22 bits per heavy atom. The van der Waals surface area contributed by atoms with E-state index in [4.69, 9.17) is 4.74 Å². The lowest BCUT2D eigenvalue weighted by atomic mass is 10.1. The third-order valence-corrected chi connectivity index (χ3v) is 6.42. The smallest absolute Gasteiger partial charge is 0.283 e. The van der Waals surface area contributed by atoms with Gasteiger partial charge in [0, 0.05) is 6.04 Å². The van der Waals surface area contributed by atoms with Crippen molar-refractivity contribution in [2.45, 2.75) is 25.1 Å². The quantitative estimate of drug-likeness (QED) is 0.716. The molecular formula is C20H22N2O4S. The Morgan fingerprint density at radius 1 is 1.04 bits per heavy atom. The molecule has 1 aliphatic heterocycles. The number of carbonyl (C=O) groups excluding carboxylic acids is 1. The molecule has 3 rings (SSSR count). The zero-order valence-electron chi connectivity index (χ0n) is 15.3. The Morgan fingerprint density at radius 2 is 1.63 bits per heavy atom. The van der Waals surface area contributed by atoms with Crippen molar-refractivity contribution < 1.29 is 17.9 Å². The number of nitrogens with zero attached hydrogens (tertiary/aromatic N) is 2. The number of para-hydroxylation sites is 1. The standard InChI is InChI=1S/C20H22N2O4S/c1-15(2)22-20(23)18(21-13-14-26-17-11-7-4-8-12-17)19(27(22,24)25)16-9-5-3-6-10-16/h3-12,15,19H,13-14H2,1-2H3. The molecular weight excluding hydrogens is 364 g/mol. The van der Waals surface area contributed by atoms with Crippen LogP contribution in [0.5, 0.6) is 5.75 Å². The van der Waals surface area contributed by atoms with Crippen LogP contribution >= 0.6 is 0 Å². The van der Waals surface area contributed by atoms with E-state index < -0.39 is 27.2 Å². The van der Waals surface area contributed by atoms with Crippen molar-refractivity contribution in [2.24, 2.45) is 4.99 Å². The molecule has 0 radical (unpaired) electrons. The molecule has 1 unspecified atom stereocenters. The molecule has 1 atom stereocenters. The Labute approximate surface area is 159 Å². The Balaban J connectivity index is 1.87. The molecule has 0 N–H and O–H groups in total. The van der Waals surface area contributed by atoms with Gasteiger partial charge in [0.2, 0.25) is 0 Å². The highest BCUT2D eigenvalue weighted by Crippen LogP contribution is 2.35. The predicted molar refractivity (Wildman–Crippen MR) is 104 cm³/mol. The molecule has 2 aromatic rings. The van der Waals surface area contributed by atoms with E-state index in [1.165, 1.54) is 0 Å². The number of amides is 1. The molecule has 0 aromatic heterocycles. The maximum Gasteiger partial charge on any atom is 0.283 e. The molecule has 1 saturated heterocycles. The first-order valence-electron chi connectivity index (χ1n) is 8.77. The van der Waals surface area contributed by atoms with Crippen LogP contribution in [-0.2, 0) is 14.8 Å². The Kier molecular flexibility index (Phi) is 5.60. The topological polar surface area (TPSA) is 76.0 Å². The van der Waals surface area contributed by atoms with E-state index in [1.54, 1.807) is 44.2 Å². The van der Waals surface area contributed by atoms with Gasteiger partial charge in [-0.1, -0.05) is 48.5 Å². The van der Waals surface area contributed by atoms with E-state index in [2.05, 4.69) is 4.99 Å². The van der Waals surface area contributed by atoms with Gasteiger partial charge in [-0.2, -0.15) is 0 Å². The molecule has 1 aliphatic rings. The second-order valence-electron chi connectivity index (χ2n) is 6.46. The van der Waals surface area contributed by atoms with Crippen molar-refractivity contribution in [3.05, 3.63) is 66.2 Å². The summed E-state index contributed by atoms with van der Waals surface area (Å²) in [5.74, 6) is 0.144. The monoisotopic (exact) mass is 386 g/mol. The molecule has 1 heterocycles. The molecule has 7 heteroatoms. The lowest BCUT2D eigenvalue weighted by Gasteiger charge is -2.19. The predicted octanol–water partition coefficient (Wildman–Crippen LogP) is 2.83. The second kappa shape index (κ2) is 7.92. The summed E-state index contributed by atoms with van der Waals surface area (Å²) in [6, 6.07) is 17.5. The van der Waals surface area contributed by atoms with Gasteiger partial charge in [0.25, 0.3) is 15.9 Å². The Hall–Kier alpha value is -2.67. The molecule has 0 aliphatic carbocycles. The number of sulfonamides is 1. The second-order valence-corrected chi connectivity index (χ2v) is 8.35. The van der Waals surface area contributed by atoms with Crippen LogP contribution in [0.4, 0.5) is 0 Å². The van der Waals surface area contributed by atoms with Crippen LogP contribution in [-0.4, -0.2) is 43.5 Å². The van der Waals surface area contributed by atoms with Crippen LogP contribution in [0.1, 0.15) is 24.7 Å². The number of rotatable bonds is 6. The molecule has 1 amide bonds. The number of hydrogen-bond acceptors (Lipinski definition) is 5. The highest BCUT2D eigenvalue weighted by atomic mass is 32.2. The summed E-state index contributed by atoms with van der Waals surface area (Å²) in [5.41, 5.74) is 0.586. The minimum atomic E-state index is -3.86. The lowest BCUT2D eigenvalue weighted by molar-refractivity contribution is -0.120. The van der Waals surface area contributed by atoms with Crippen molar-refractivity contribution in [3.8, 4) is 5.75 Å². The van der Waals surface area contributed by atoms with E-state index in [9.17, 15) is 13.2 Å². The van der Waals surface area contributed by atoms with Gasteiger partial charge in [0.05, 0.1) is 6.54 Å². The van der Waals surface area contributed by atoms with Gasteiger partial charge in [-0.25, -0.2) is 12.7 Å². The van der Waals surface area contributed by atoms with E-state index in [1.807, 2.05) is 30.3 Å². The fourth-order valence-electron chi connectivity index (χ4n) is 3.08. The van der Waals surface area contributed by atoms with Crippen molar-refractivity contribution in [1.82, 2.24) is 4.31 Å². The first-order chi connectivity index (χ1) is 12.9. The fourth-order valence-corrected chi connectivity index (χ4v) is 5.18. The van der Waals surface area contributed by atoms with Crippen LogP contribution in [0.3, 0.4) is 0 Å². The van der Waals surface area contributed by atoms with Gasteiger partial charge in [-0.3, -0.25) is 9.79 Å². The summed E-state index contributed by atoms with van der Waals surface area (Å²) < 4.78 is 32.5. The average Bonchev–Trinajstić information content (AvgIpc) is 2.85. The number of carbonyl (C=O) groups is 1.